The number of carbonyl (C=O) groups excluding carboxylic acids is 2. The molecule has 0 saturated carbocycles. The van der Waals surface area contributed by atoms with E-state index in [-0.39, 0.29) is 28.0 Å². The molecule has 2 heterocycles. The third-order valence-electron chi connectivity index (χ3n) is 5.68. The number of carbonyl (C=O) groups is 2. The van der Waals surface area contributed by atoms with Gasteiger partial charge in [0.25, 0.3) is 11.8 Å². The van der Waals surface area contributed by atoms with Crippen molar-refractivity contribution in [3.05, 3.63) is 34.9 Å². The lowest BCUT2D eigenvalue weighted by Crippen LogP contribution is -2.52. The van der Waals surface area contributed by atoms with Gasteiger partial charge < -0.3 is 4.90 Å². The molecule has 144 valence electrons. The molecule has 2 amide bonds. The zero-order chi connectivity index (χ0) is 20.1. The molecule has 1 saturated heterocycles. The van der Waals surface area contributed by atoms with E-state index in [4.69, 9.17) is 12.2 Å². The van der Waals surface area contributed by atoms with Gasteiger partial charge in [-0.05, 0) is 74.7 Å². The maximum Gasteiger partial charge on any atom is 0.265 e. The van der Waals surface area contributed by atoms with Crippen LogP contribution in [-0.2, 0) is 9.59 Å². The summed E-state index contributed by atoms with van der Waals surface area (Å²) in [7, 11) is 3.19. The van der Waals surface area contributed by atoms with E-state index >= 15 is 0 Å². The van der Waals surface area contributed by atoms with E-state index in [1.54, 1.807) is 20.2 Å². The van der Waals surface area contributed by atoms with Crippen LogP contribution in [0.2, 0.25) is 0 Å². The zero-order valence-electron chi connectivity index (χ0n) is 16.9. The second kappa shape index (κ2) is 6.75. The highest BCUT2D eigenvalue weighted by atomic mass is 32.1. The van der Waals surface area contributed by atoms with Crippen molar-refractivity contribution < 1.29 is 9.59 Å². The Morgan fingerprint density at radius 2 is 1.78 bits per heavy atom. The summed E-state index contributed by atoms with van der Waals surface area (Å²) in [6.45, 7) is 9.91. The minimum absolute atomic E-state index is 0.109. The van der Waals surface area contributed by atoms with Crippen LogP contribution in [0.1, 0.15) is 51.2 Å². The number of hydrogen-bond donors (Lipinski definition) is 0. The molecule has 1 aromatic rings. The highest BCUT2D eigenvalue weighted by molar-refractivity contribution is 7.80. The maximum atomic E-state index is 12.5. The minimum Gasteiger partial charge on any atom is -0.366 e. The van der Waals surface area contributed by atoms with Gasteiger partial charge in [-0.1, -0.05) is 13.0 Å². The summed E-state index contributed by atoms with van der Waals surface area (Å²) in [6.07, 6.45) is 2.74. The fourth-order valence-corrected chi connectivity index (χ4v) is 4.50. The Labute approximate surface area is 166 Å². The van der Waals surface area contributed by atoms with E-state index in [2.05, 4.69) is 44.7 Å². The molecule has 0 bridgehead atoms. The van der Waals surface area contributed by atoms with Crippen molar-refractivity contribution in [3.8, 4) is 0 Å². The van der Waals surface area contributed by atoms with E-state index in [1.807, 2.05) is 6.07 Å². The predicted octanol–water partition coefficient (Wildman–Crippen LogP) is 3.40. The largest absolute Gasteiger partial charge is 0.366 e. The van der Waals surface area contributed by atoms with Crippen LogP contribution in [0.25, 0.3) is 6.08 Å². The lowest BCUT2D eigenvalue weighted by Gasteiger charge is -2.47. The minimum atomic E-state index is -0.356. The Morgan fingerprint density at radius 1 is 1.19 bits per heavy atom. The van der Waals surface area contributed by atoms with Crippen LogP contribution in [0.15, 0.2) is 23.8 Å². The molecule has 2 aliphatic heterocycles. The van der Waals surface area contributed by atoms with Crippen molar-refractivity contribution in [2.24, 2.45) is 0 Å². The van der Waals surface area contributed by atoms with Gasteiger partial charge in [-0.3, -0.25) is 19.4 Å². The summed E-state index contributed by atoms with van der Waals surface area (Å²) < 4.78 is 0. The molecule has 1 fully saturated rings. The lowest BCUT2D eigenvalue weighted by atomic mass is 9.79. The number of nitrogens with zero attached hydrogens (tertiary/aromatic N) is 3. The van der Waals surface area contributed by atoms with Crippen LogP contribution in [-0.4, -0.2) is 52.9 Å². The summed E-state index contributed by atoms with van der Waals surface area (Å²) in [5.74, 6) is -0.304. The first-order valence-corrected chi connectivity index (χ1v) is 9.72. The van der Waals surface area contributed by atoms with Crippen molar-refractivity contribution in [3.63, 3.8) is 0 Å². The number of anilines is 1. The van der Waals surface area contributed by atoms with Crippen molar-refractivity contribution in [1.82, 2.24) is 9.80 Å². The van der Waals surface area contributed by atoms with E-state index in [0.717, 1.165) is 18.5 Å². The van der Waals surface area contributed by atoms with Gasteiger partial charge in [0, 0.05) is 31.9 Å². The SMILES string of the molecule is CCN1c2ccc(C=C3C(=O)N(C)C(=S)N(C)C3=O)cc2C(C)CC1(C)C. The van der Waals surface area contributed by atoms with Crippen molar-refractivity contribution >= 4 is 40.9 Å². The number of rotatable bonds is 2. The molecule has 6 heteroatoms. The van der Waals surface area contributed by atoms with Gasteiger partial charge >= 0.3 is 0 Å². The van der Waals surface area contributed by atoms with Gasteiger partial charge in [0.05, 0.1) is 0 Å². The first-order valence-electron chi connectivity index (χ1n) is 9.31. The molecule has 0 aliphatic carbocycles. The maximum absolute atomic E-state index is 12.5. The summed E-state index contributed by atoms with van der Waals surface area (Å²) in [5.41, 5.74) is 3.61. The molecule has 3 rings (SSSR count). The van der Waals surface area contributed by atoms with Gasteiger partial charge in [-0.15, -0.1) is 0 Å². The Hall–Kier alpha value is -2.21. The highest BCUT2D eigenvalue weighted by Crippen LogP contribution is 2.43. The fraction of sp³-hybridized carbons (Fsp3) is 0.476. The zero-order valence-corrected chi connectivity index (χ0v) is 17.7. The molecule has 1 unspecified atom stereocenters. The second-order valence-electron chi connectivity index (χ2n) is 8.05. The van der Waals surface area contributed by atoms with Crippen molar-refractivity contribution in [1.29, 1.82) is 0 Å². The molecule has 2 aliphatic rings. The number of fused-ring (bicyclic) bond motifs is 1. The molecule has 1 aromatic carbocycles. The number of likely N-dealkylation sites (N-methyl/N-ethyl adjacent to an activating group) is 2. The second-order valence-corrected chi connectivity index (χ2v) is 8.41. The van der Waals surface area contributed by atoms with E-state index in [1.165, 1.54) is 21.1 Å². The van der Waals surface area contributed by atoms with Gasteiger partial charge in [0.2, 0.25) is 0 Å². The average molecular weight is 386 g/mol. The van der Waals surface area contributed by atoms with Crippen molar-refractivity contribution in [2.45, 2.75) is 45.6 Å². The topological polar surface area (TPSA) is 43.9 Å². The number of thiocarbonyl (C=S) groups is 1. The molecule has 0 spiro atoms. The lowest BCUT2D eigenvalue weighted by molar-refractivity contribution is -0.132. The summed E-state index contributed by atoms with van der Waals surface area (Å²) in [4.78, 5) is 30.2. The Bertz CT molecular complexity index is 833. The predicted molar refractivity (Wildman–Crippen MR) is 113 cm³/mol. The van der Waals surface area contributed by atoms with Crippen LogP contribution in [0.5, 0.6) is 0 Å². The average Bonchev–Trinajstić information content (AvgIpc) is 2.62. The molecule has 0 radical (unpaired) electrons. The van der Waals surface area contributed by atoms with Crippen LogP contribution in [0.4, 0.5) is 5.69 Å². The normalized spacial score (nSPS) is 22.3. The monoisotopic (exact) mass is 385 g/mol. The van der Waals surface area contributed by atoms with E-state index < -0.39 is 0 Å². The molecule has 27 heavy (non-hydrogen) atoms. The van der Waals surface area contributed by atoms with Crippen LogP contribution < -0.4 is 4.90 Å². The number of hydrogen-bond acceptors (Lipinski definition) is 4. The molecule has 0 N–H and O–H groups in total. The van der Waals surface area contributed by atoms with Crippen LogP contribution in [0.3, 0.4) is 0 Å². The van der Waals surface area contributed by atoms with Gasteiger partial charge in [-0.2, -0.15) is 0 Å². The fourth-order valence-electron chi connectivity index (χ4n) is 4.34. The summed E-state index contributed by atoms with van der Waals surface area (Å²) in [5, 5.41) is 0.224. The van der Waals surface area contributed by atoms with Gasteiger partial charge in [0.15, 0.2) is 5.11 Å². The van der Waals surface area contributed by atoms with Crippen LogP contribution >= 0.6 is 12.2 Å². The number of benzene rings is 1. The molecule has 0 aromatic heterocycles. The first kappa shape index (κ1) is 19.5. The van der Waals surface area contributed by atoms with Gasteiger partial charge in [0.1, 0.15) is 5.57 Å². The van der Waals surface area contributed by atoms with Gasteiger partial charge in [-0.25, -0.2) is 0 Å². The molecule has 1 atom stereocenters. The standard InChI is InChI=1S/C21H27N3O2S/c1-7-24-17-9-8-14(10-15(17)13(2)12-21(24,3)4)11-16-18(25)22(5)20(27)23(6)19(16)26/h8-11,13H,7,12H2,1-6H3. The van der Waals surface area contributed by atoms with E-state index in [0.29, 0.717) is 5.92 Å². The first-order chi connectivity index (χ1) is 12.6. The molecule has 5 nitrogen and oxygen atoms in total. The van der Waals surface area contributed by atoms with Crippen molar-refractivity contribution in [2.75, 3.05) is 25.5 Å². The van der Waals surface area contributed by atoms with Crippen LogP contribution in [0, 0.1) is 0 Å². The Kier molecular flexibility index (Phi) is 4.89. The quantitative estimate of drug-likeness (QED) is 0.445. The molecular weight excluding hydrogens is 358 g/mol. The summed E-state index contributed by atoms with van der Waals surface area (Å²) in [6, 6.07) is 6.20. The molecular formula is C21H27N3O2S. The Balaban J connectivity index is 2.04. The third-order valence-corrected chi connectivity index (χ3v) is 6.23. The number of amides is 2. The summed E-state index contributed by atoms with van der Waals surface area (Å²) >= 11 is 5.14. The highest BCUT2D eigenvalue weighted by Gasteiger charge is 2.37. The smallest absolute Gasteiger partial charge is 0.265 e. The van der Waals surface area contributed by atoms with E-state index in [9.17, 15) is 9.59 Å². The third kappa shape index (κ3) is 3.16. The Morgan fingerprint density at radius 3 is 2.33 bits per heavy atom.